The second-order valence-corrected chi connectivity index (χ2v) is 9.60. The molecule has 0 aliphatic carbocycles. The lowest BCUT2D eigenvalue weighted by molar-refractivity contribution is -0.124. The van der Waals surface area contributed by atoms with Gasteiger partial charge in [0.1, 0.15) is 5.82 Å². The molecule has 0 unspecified atom stereocenters. The summed E-state index contributed by atoms with van der Waals surface area (Å²) < 4.78 is 23.2. The molecule has 0 bridgehead atoms. The van der Waals surface area contributed by atoms with Gasteiger partial charge < -0.3 is 15.5 Å². The number of amides is 1. The quantitative estimate of drug-likeness (QED) is 0.705. The lowest BCUT2D eigenvalue weighted by Crippen LogP contribution is -2.57. The van der Waals surface area contributed by atoms with Crippen LogP contribution in [-0.4, -0.2) is 56.5 Å². The number of carbonyl (C=O) groups is 1. The Morgan fingerprint density at radius 1 is 1.18 bits per heavy atom. The lowest BCUT2D eigenvalue weighted by Gasteiger charge is -2.34. The number of sulfone groups is 1. The van der Waals surface area contributed by atoms with E-state index in [1.807, 2.05) is 12.1 Å². The molecule has 0 atom stereocenters. The molecule has 2 saturated heterocycles. The summed E-state index contributed by atoms with van der Waals surface area (Å²) in [7, 11) is -3.49. The topological polar surface area (TPSA) is 91.4 Å². The average Bonchev–Trinajstić information content (AvgIpc) is 2.67. The van der Waals surface area contributed by atoms with E-state index in [-0.39, 0.29) is 31.4 Å². The largest absolute Gasteiger partial charge is 0.357 e. The first-order valence-electron chi connectivity index (χ1n) is 9.31. The van der Waals surface area contributed by atoms with Crippen LogP contribution >= 0.6 is 24.8 Å². The van der Waals surface area contributed by atoms with E-state index >= 15 is 0 Å². The molecule has 2 aliphatic rings. The van der Waals surface area contributed by atoms with E-state index in [1.165, 1.54) is 19.3 Å². The van der Waals surface area contributed by atoms with Crippen LogP contribution in [0, 0.1) is 0 Å². The molecular weight excluding hydrogens is 423 g/mol. The van der Waals surface area contributed by atoms with Crippen molar-refractivity contribution >= 4 is 46.4 Å². The molecule has 7 nitrogen and oxygen atoms in total. The Balaban J connectivity index is 0.00000196. The van der Waals surface area contributed by atoms with E-state index in [4.69, 9.17) is 0 Å². The molecule has 2 aliphatic heterocycles. The molecule has 0 aromatic carbocycles. The van der Waals surface area contributed by atoms with Crippen LogP contribution in [0.4, 0.5) is 5.82 Å². The van der Waals surface area contributed by atoms with Crippen LogP contribution in [0.3, 0.4) is 0 Å². The number of halogens is 2. The van der Waals surface area contributed by atoms with Crippen molar-refractivity contribution in [1.29, 1.82) is 0 Å². The zero-order valence-corrected chi connectivity index (χ0v) is 18.6. The maximum Gasteiger partial charge on any atom is 0.241 e. The van der Waals surface area contributed by atoms with Crippen molar-refractivity contribution < 1.29 is 13.2 Å². The first kappa shape index (κ1) is 24.9. The number of carbonyl (C=O) groups excluding carboxylic acids is 1. The fourth-order valence-electron chi connectivity index (χ4n) is 3.77. The molecule has 2 fully saturated rings. The number of hydrogen-bond acceptors (Lipinski definition) is 6. The highest BCUT2D eigenvalue weighted by Crippen LogP contribution is 2.28. The van der Waals surface area contributed by atoms with Crippen molar-refractivity contribution in [3.63, 3.8) is 0 Å². The fraction of sp³-hybridized carbons (Fsp3) is 0.667. The predicted octanol–water partition coefficient (Wildman–Crippen LogP) is 1.70. The van der Waals surface area contributed by atoms with Gasteiger partial charge in [-0.05, 0) is 56.8 Å². The van der Waals surface area contributed by atoms with Gasteiger partial charge in [-0.25, -0.2) is 13.4 Å². The number of pyridine rings is 1. The summed E-state index contributed by atoms with van der Waals surface area (Å²) in [6.07, 6.45) is 7.21. The highest BCUT2D eigenvalue weighted by atomic mass is 35.5. The number of nitrogens with one attached hydrogen (secondary N) is 2. The number of rotatable bonds is 5. The molecular formula is C18H30Cl2N4O3S. The highest BCUT2D eigenvalue weighted by molar-refractivity contribution is 7.92. The van der Waals surface area contributed by atoms with E-state index in [0.29, 0.717) is 25.9 Å². The summed E-state index contributed by atoms with van der Waals surface area (Å²) >= 11 is 0. The standard InChI is InChI=1S/C18H28N4O3S.2ClH/c1-26(24,25)18(7-9-19-10-8-18)17(23)21-14-15-5-6-16(20-13-15)22-11-3-2-4-12-22;;/h5-6,13,19H,2-4,7-12,14H2,1H3,(H,21,23);2*1H. The van der Waals surface area contributed by atoms with Gasteiger partial charge in [-0.1, -0.05) is 6.07 Å². The minimum absolute atomic E-state index is 0. The number of anilines is 1. The smallest absolute Gasteiger partial charge is 0.241 e. The van der Waals surface area contributed by atoms with Crippen molar-refractivity contribution in [3.8, 4) is 0 Å². The van der Waals surface area contributed by atoms with Gasteiger partial charge in [-0.15, -0.1) is 24.8 Å². The third-order valence-electron chi connectivity index (χ3n) is 5.48. The van der Waals surface area contributed by atoms with Crippen molar-refractivity contribution in [1.82, 2.24) is 15.6 Å². The van der Waals surface area contributed by atoms with Gasteiger partial charge in [0, 0.05) is 32.1 Å². The molecule has 3 heterocycles. The third kappa shape index (κ3) is 5.49. The molecule has 10 heteroatoms. The van der Waals surface area contributed by atoms with E-state index in [9.17, 15) is 13.2 Å². The summed E-state index contributed by atoms with van der Waals surface area (Å²) in [6.45, 7) is 3.43. The molecule has 160 valence electrons. The Kier molecular flexibility index (Phi) is 9.46. The normalized spacial score (nSPS) is 19.1. The van der Waals surface area contributed by atoms with Crippen LogP contribution in [-0.2, 0) is 21.2 Å². The minimum Gasteiger partial charge on any atom is -0.357 e. The van der Waals surface area contributed by atoms with Crippen LogP contribution in [0.25, 0.3) is 0 Å². The molecule has 0 spiro atoms. The van der Waals surface area contributed by atoms with E-state index in [2.05, 4.69) is 20.5 Å². The van der Waals surface area contributed by atoms with Gasteiger partial charge in [0.05, 0.1) is 0 Å². The first-order valence-corrected chi connectivity index (χ1v) is 11.2. The van der Waals surface area contributed by atoms with Crippen molar-refractivity contribution in [2.75, 3.05) is 37.3 Å². The summed E-state index contributed by atoms with van der Waals surface area (Å²) in [5, 5.41) is 5.93. The molecule has 0 saturated carbocycles. The molecule has 0 radical (unpaired) electrons. The van der Waals surface area contributed by atoms with E-state index in [1.54, 1.807) is 6.20 Å². The predicted molar refractivity (Wildman–Crippen MR) is 116 cm³/mol. The summed E-state index contributed by atoms with van der Waals surface area (Å²) in [5.74, 6) is 0.562. The molecule has 28 heavy (non-hydrogen) atoms. The van der Waals surface area contributed by atoms with E-state index < -0.39 is 20.5 Å². The van der Waals surface area contributed by atoms with Gasteiger partial charge >= 0.3 is 0 Å². The number of nitrogens with zero attached hydrogens (tertiary/aromatic N) is 2. The Labute approximate surface area is 179 Å². The molecule has 1 amide bonds. The lowest BCUT2D eigenvalue weighted by atomic mass is 9.96. The highest BCUT2D eigenvalue weighted by Gasteiger charge is 2.48. The Morgan fingerprint density at radius 3 is 2.36 bits per heavy atom. The molecule has 1 aromatic heterocycles. The van der Waals surface area contributed by atoms with Crippen molar-refractivity contribution in [3.05, 3.63) is 23.9 Å². The Hall–Kier alpha value is -1.09. The molecule has 1 aromatic rings. The van der Waals surface area contributed by atoms with Crippen molar-refractivity contribution in [2.24, 2.45) is 0 Å². The van der Waals surface area contributed by atoms with Gasteiger partial charge in [0.15, 0.2) is 14.6 Å². The van der Waals surface area contributed by atoms with Crippen molar-refractivity contribution in [2.45, 2.75) is 43.4 Å². The zero-order valence-electron chi connectivity index (χ0n) is 16.1. The van der Waals surface area contributed by atoms with Crippen LogP contribution in [0.5, 0.6) is 0 Å². The number of piperidine rings is 2. The fourth-order valence-corrected chi connectivity index (χ4v) is 5.13. The Bertz CT molecular complexity index is 732. The monoisotopic (exact) mass is 452 g/mol. The number of aromatic nitrogens is 1. The maximum absolute atomic E-state index is 12.7. The van der Waals surface area contributed by atoms with Crippen LogP contribution < -0.4 is 15.5 Å². The van der Waals surface area contributed by atoms with Crippen LogP contribution in [0.2, 0.25) is 0 Å². The molecule has 3 rings (SSSR count). The second kappa shape index (κ2) is 10.6. The minimum atomic E-state index is -3.49. The van der Waals surface area contributed by atoms with Gasteiger partial charge in [-0.3, -0.25) is 4.79 Å². The third-order valence-corrected chi connectivity index (χ3v) is 7.49. The Morgan fingerprint density at radius 2 is 1.82 bits per heavy atom. The number of hydrogen-bond donors (Lipinski definition) is 2. The summed E-state index contributed by atoms with van der Waals surface area (Å²) in [5.41, 5.74) is 0.872. The zero-order chi connectivity index (χ0) is 18.6. The van der Waals surface area contributed by atoms with Gasteiger partial charge in [-0.2, -0.15) is 0 Å². The summed E-state index contributed by atoms with van der Waals surface area (Å²) in [4.78, 5) is 19.5. The average molecular weight is 453 g/mol. The summed E-state index contributed by atoms with van der Waals surface area (Å²) in [6, 6.07) is 3.93. The van der Waals surface area contributed by atoms with Crippen LogP contribution in [0.15, 0.2) is 18.3 Å². The van der Waals surface area contributed by atoms with Gasteiger partial charge in [0.25, 0.3) is 0 Å². The van der Waals surface area contributed by atoms with E-state index in [0.717, 1.165) is 30.7 Å². The SMILES string of the molecule is CS(=O)(=O)C1(C(=O)NCc2ccc(N3CCCCC3)nc2)CCNCC1.Cl.Cl. The van der Waals surface area contributed by atoms with Crippen LogP contribution in [0.1, 0.15) is 37.7 Å². The second-order valence-electron chi connectivity index (χ2n) is 7.27. The maximum atomic E-state index is 12.7. The first-order chi connectivity index (χ1) is 12.4. The van der Waals surface area contributed by atoms with Gasteiger partial charge in [0.2, 0.25) is 5.91 Å². The molecule has 2 N–H and O–H groups in total.